The molecule has 2 aromatic carbocycles. The summed E-state index contributed by atoms with van der Waals surface area (Å²) in [5.74, 6) is -0.658. The highest BCUT2D eigenvalue weighted by molar-refractivity contribution is 6.07. The zero-order chi connectivity index (χ0) is 18.7. The van der Waals surface area contributed by atoms with Gasteiger partial charge in [0.05, 0.1) is 16.9 Å². The highest BCUT2D eigenvalue weighted by Crippen LogP contribution is 2.31. The van der Waals surface area contributed by atoms with Crippen molar-refractivity contribution in [3.63, 3.8) is 0 Å². The number of amides is 1. The number of piperidine rings is 1. The van der Waals surface area contributed by atoms with E-state index in [-0.39, 0.29) is 11.5 Å². The minimum Gasteiger partial charge on any atom is -0.478 e. The van der Waals surface area contributed by atoms with Gasteiger partial charge in [0.2, 0.25) is 0 Å². The second-order valence-corrected chi connectivity index (χ2v) is 7.00. The molecule has 1 aliphatic heterocycles. The molecule has 1 aliphatic rings. The molecule has 0 spiro atoms. The molecule has 2 aromatic rings. The number of aryl methyl sites for hydroxylation is 1. The first-order valence-corrected chi connectivity index (χ1v) is 8.95. The number of rotatable bonds is 4. The highest BCUT2D eigenvalue weighted by Gasteiger charge is 2.21. The van der Waals surface area contributed by atoms with Crippen LogP contribution in [0.15, 0.2) is 42.5 Å². The maximum absolute atomic E-state index is 12.7. The van der Waals surface area contributed by atoms with Gasteiger partial charge >= 0.3 is 5.97 Å². The van der Waals surface area contributed by atoms with Crippen LogP contribution in [0.2, 0.25) is 0 Å². The monoisotopic (exact) mass is 352 g/mol. The molecule has 1 amide bonds. The predicted octanol–water partition coefficient (Wildman–Crippen LogP) is 4.18. The van der Waals surface area contributed by atoms with E-state index >= 15 is 0 Å². The van der Waals surface area contributed by atoms with Gasteiger partial charge in [-0.25, -0.2) is 4.79 Å². The van der Waals surface area contributed by atoms with E-state index in [4.69, 9.17) is 0 Å². The number of carboxylic acid groups (broad SMARTS) is 1. The molecular weight excluding hydrogens is 328 g/mol. The van der Waals surface area contributed by atoms with Gasteiger partial charge in [-0.2, -0.15) is 0 Å². The van der Waals surface area contributed by atoms with Crippen molar-refractivity contribution in [1.82, 2.24) is 0 Å². The maximum atomic E-state index is 12.7. The van der Waals surface area contributed by atoms with Crippen LogP contribution in [-0.2, 0) is 0 Å². The Kier molecular flexibility index (Phi) is 5.26. The van der Waals surface area contributed by atoms with Crippen molar-refractivity contribution in [3.8, 4) is 0 Å². The third-order valence-electron chi connectivity index (χ3n) is 4.88. The number of nitrogens with one attached hydrogen (secondary N) is 1. The van der Waals surface area contributed by atoms with Gasteiger partial charge in [-0.3, -0.25) is 4.79 Å². The van der Waals surface area contributed by atoms with Crippen molar-refractivity contribution in [3.05, 3.63) is 59.2 Å². The van der Waals surface area contributed by atoms with Gasteiger partial charge in [0.15, 0.2) is 0 Å². The minimum absolute atomic E-state index is 0.166. The van der Waals surface area contributed by atoms with Crippen molar-refractivity contribution in [2.45, 2.75) is 26.7 Å². The first-order chi connectivity index (χ1) is 12.5. The van der Waals surface area contributed by atoms with Crippen molar-refractivity contribution in [1.29, 1.82) is 0 Å². The summed E-state index contributed by atoms with van der Waals surface area (Å²) in [6, 6.07) is 12.3. The van der Waals surface area contributed by atoms with E-state index in [1.165, 1.54) is 6.42 Å². The summed E-state index contributed by atoms with van der Waals surface area (Å²) in [4.78, 5) is 26.3. The first kappa shape index (κ1) is 18.0. The fourth-order valence-electron chi connectivity index (χ4n) is 3.47. The van der Waals surface area contributed by atoms with Crippen molar-refractivity contribution >= 4 is 23.3 Å². The van der Waals surface area contributed by atoms with E-state index in [1.807, 2.05) is 25.1 Å². The molecule has 2 N–H and O–H groups in total. The van der Waals surface area contributed by atoms with Crippen LogP contribution < -0.4 is 10.2 Å². The lowest BCUT2D eigenvalue weighted by Gasteiger charge is -2.34. The third-order valence-corrected chi connectivity index (χ3v) is 4.88. The van der Waals surface area contributed by atoms with Crippen LogP contribution in [0.5, 0.6) is 0 Å². The van der Waals surface area contributed by atoms with Crippen molar-refractivity contribution < 1.29 is 14.7 Å². The number of hydrogen-bond acceptors (Lipinski definition) is 3. The summed E-state index contributed by atoms with van der Waals surface area (Å²) >= 11 is 0. The average Bonchev–Trinajstić information content (AvgIpc) is 2.62. The fraction of sp³-hybridized carbons (Fsp3) is 0.333. The Labute approximate surface area is 153 Å². The normalized spacial score (nSPS) is 17.0. The van der Waals surface area contributed by atoms with E-state index in [1.54, 1.807) is 24.3 Å². The Hall–Kier alpha value is -2.82. The van der Waals surface area contributed by atoms with Gasteiger partial charge in [-0.15, -0.1) is 0 Å². The molecule has 5 heteroatoms. The standard InChI is InChI=1S/C21H24N2O3/c1-14-6-5-11-23(13-14)19-10-9-16(21(25)26)12-18(19)22-20(24)17-8-4-3-7-15(17)2/h3-4,7-10,12,14H,5-6,11,13H2,1-2H3,(H,22,24)(H,25,26)/t14-/m0/s1. The van der Waals surface area contributed by atoms with Crippen molar-refractivity contribution in [2.75, 3.05) is 23.3 Å². The smallest absolute Gasteiger partial charge is 0.335 e. The number of benzene rings is 2. The van der Waals surface area contributed by atoms with Crippen LogP contribution in [0, 0.1) is 12.8 Å². The van der Waals surface area contributed by atoms with Crippen LogP contribution in [0.3, 0.4) is 0 Å². The van der Waals surface area contributed by atoms with Gasteiger partial charge < -0.3 is 15.3 Å². The molecule has 26 heavy (non-hydrogen) atoms. The molecule has 136 valence electrons. The van der Waals surface area contributed by atoms with E-state index in [9.17, 15) is 14.7 Å². The second kappa shape index (κ2) is 7.60. The number of nitrogens with zero attached hydrogens (tertiary/aromatic N) is 1. The minimum atomic E-state index is -1.00. The summed E-state index contributed by atoms with van der Waals surface area (Å²) in [6.07, 6.45) is 2.28. The van der Waals surface area contributed by atoms with Gasteiger partial charge in [0.1, 0.15) is 0 Å². The number of carboxylic acids is 1. The number of aromatic carboxylic acids is 1. The number of carbonyl (C=O) groups excluding carboxylic acids is 1. The van der Waals surface area contributed by atoms with Crippen molar-refractivity contribution in [2.24, 2.45) is 5.92 Å². The lowest BCUT2D eigenvalue weighted by atomic mass is 9.99. The average molecular weight is 352 g/mol. The first-order valence-electron chi connectivity index (χ1n) is 8.95. The van der Waals surface area contributed by atoms with E-state index in [0.717, 1.165) is 30.8 Å². The van der Waals surface area contributed by atoms with E-state index in [2.05, 4.69) is 17.1 Å². The van der Waals surface area contributed by atoms with Crippen LogP contribution in [0.25, 0.3) is 0 Å². The van der Waals surface area contributed by atoms with Crippen LogP contribution >= 0.6 is 0 Å². The third kappa shape index (κ3) is 3.87. The Morgan fingerprint density at radius 2 is 1.96 bits per heavy atom. The maximum Gasteiger partial charge on any atom is 0.335 e. The van der Waals surface area contributed by atoms with Crippen LogP contribution in [-0.4, -0.2) is 30.1 Å². The molecule has 0 aliphatic carbocycles. The molecule has 0 saturated carbocycles. The van der Waals surface area contributed by atoms with Gasteiger partial charge in [-0.1, -0.05) is 25.1 Å². The molecular formula is C21H24N2O3. The molecule has 1 atom stereocenters. The zero-order valence-electron chi connectivity index (χ0n) is 15.2. The van der Waals surface area contributed by atoms with Crippen LogP contribution in [0.1, 0.15) is 46.0 Å². The molecule has 1 fully saturated rings. The molecule has 1 heterocycles. The Balaban J connectivity index is 1.95. The highest BCUT2D eigenvalue weighted by atomic mass is 16.4. The summed E-state index contributed by atoms with van der Waals surface area (Å²) in [5, 5.41) is 12.3. The Morgan fingerprint density at radius 1 is 1.19 bits per heavy atom. The van der Waals surface area contributed by atoms with Gasteiger partial charge in [-0.05, 0) is 55.5 Å². The predicted molar refractivity (Wildman–Crippen MR) is 103 cm³/mol. The Bertz CT molecular complexity index is 832. The molecule has 3 rings (SSSR count). The molecule has 0 unspecified atom stereocenters. The molecule has 0 radical (unpaired) electrons. The SMILES string of the molecule is Cc1ccccc1C(=O)Nc1cc(C(=O)O)ccc1N1CCC[C@H](C)C1. The fourth-order valence-corrected chi connectivity index (χ4v) is 3.47. The van der Waals surface area contributed by atoms with Crippen LogP contribution in [0.4, 0.5) is 11.4 Å². The number of carbonyl (C=O) groups is 2. The molecule has 5 nitrogen and oxygen atoms in total. The largest absolute Gasteiger partial charge is 0.478 e. The second-order valence-electron chi connectivity index (χ2n) is 7.00. The molecule has 0 aromatic heterocycles. The van der Waals surface area contributed by atoms with Gasteiger partial charge in [0, 0.05) is 18.7 Å². The topological polar surface area (TPSA) is 69.6 Å². The molecule has 1 saturated heterocycles. The summed E-state index contributed by atoms with van der Waals surface area (Å²) in [5.41, 5.74) is 3.06. The number of hydrogen-bond donors (Lipinski definition) is 2. The summed E-state index contributed by atoms with van der Waals surface area (Å²) in [7, 11) is 0. The lowest BCUT2D eigenvalue weighted by Crippen LogP contribution is -2.35. The van der Waals surface area contributed by atoms with E-state index in [0.29, 0.717) is 17.2 Å². The Morgan fingerprint density at radius 3 is 2.65 bits per heavy atom. The summed E-state index contributed by atoms with van der Waals surface area (Å²) in [6.45, 7) is 5.91. The molecule has 0 bridgehead atoms. The lowest BCUT2D eigenvalue weighted by molar-refractivity contribution is 0.0696. The summed E-state index contributed by atoms with van der Waals surface area (Å²) < 4.78 is 0. The van der Waals surface area contributed by atoms with E-state index < -0.39 is 5.97 Å². The quantitative estimate of drug-likeness (QED) is 0.866. The number of anilines is 2. The van der Waals surface area contributed by atoms with Gasteiger partial charge in [0.25, 0.3) is 5.91 Å². The zero-order valence-corrected chi connectivity index (χ0v) is 15.2.